The van der Waals surface area contributed by atoms with Crippen molar-refractivity contribution in [3.8, 4) is 0 Å². The first-order valence-corrected chi connectivity index (χ1v) is 5.87. The van der Waals surface area contributed by atoms with Crippen molar-refractivity contribution in [3.05, 3.63) is 16.6 Å². The molecule has 0 unspecified atom stereocenters. The van der Waals surface area contributed by atoms with Gasteiger partial charge in [-0.05, 0) is 24.7 Å². The number of nitrogens with one attached hydrogen (secondary N) is 1. The van der Waals surface area contributed by atoms with Crippen LogP contribution < -0.4 is 5.32 Å². The molecule has 0 bridgehead atoms. The molecule has 1 fully saturated rings. The summed E-state index contributed by atoms with van der Waals surface area (Å²) in [5.41, 5.74) is 3.72. The zero-order chi connectivity index (χ0) is 9.15. The Kier molecular flexibility index (Phi) is 2.65. The van der Waals surface area contributed by atoms with E-state index >= 15 is 0 Å². The van der Waals surface area contributed by atoms with Crippen molar-refractivity contribution < 1.29 is 0 Å². The van der Waals surface area contributed by atoms with Gasteiger partial charge in [-0.3, -0.25) is 0 Å². The predicted molar refractivity (Wildman–Crippen MR) is 55.8 cm³/mol. The van der Waals surface area contributed by atoms with E-state index in [9.17, 15) is 0 Å². The molecule has 2 rings (SSSR count). The van der Waals surface area contributed by atoms with Gasteiger partial charge in [0, 0.05) is 18.5 Å². The molecule has 0 amide bonds. The number of rotatable bonds is 5. The van der Waals surface area contributed by atoms with Crippen molar-refractivity contribution in [2.24, 2.45) is 5.41 Å². The summed E-state index contributed by atoms with van der Waals surface area (Å²) in [6.07, 6.45) is 4.14. The van der Waals surface area contributed by atoms with Gasteiger partial charge in [0.1, 0.15) is 0 Å². The van der Waals surface area contributed by atoms with Crippen molar-refractivity contribution in [2.75, 3.05) is 6.54 Å². The van der Waals surface area contributed by atoms with Gasteiger partial charge in [0.25, 0.3) is 0 Å². The second-order valence-electron chi connectivity index (χ2n) is 3.94. The average molecular weight is 196 g/mol. The Bertz CT molecular complexity index is 252. The molecule has 0 aliphatic heterocycles. The van der Waals surface area contributed by atoms with Crippen LogP contribution in [0.4, 0.5) is 0 Å². The summed E-state index contributed by atoms with van der Waals surface area (Å²) < 4.78 is 0. The van der Waals surface area contributed by atoms with Crippen LogP contribution >= 0.6 is 11.3 Å². The van der Waals surface area contributed by atoms with Crippen molar-refractivity contribution in [1.29, 1.82) is 0 Å². The van der Waals surface area contributed by atoms with E-state index in [0.29, 0.717) is 5.41 Å². The maximum Gasteiger partial charge on any atom is 0.0795 e. The van der Waals surface area contributed by atoms with E-state index in [2.05, 4.69) is 22.6 Å². The summed E-state index contributed by atoms with van der Waals surface area (Å²) in [4.78, 5) is 4.24. The Hall–Kier alpha value is -0.410. The Balaban J connectivity index is 1.70. The monoisotopic (exact) mass is 196 g/mol. The molecular weight excluding hydrogens is 180 g/mol. The van der Waals surface area contributed by atoms with E-state index in [1.165, 1.54) is 31.5 Å². The molecule has 0 radical (unpaired) electrons. The summed E-state index contributed by atoms with van der Waals surface area (Å²) in [7, 11) is 0. The highest BCUT2D eigenvalue weighted by Gasteiger charge is 2.39. The third kappa shape index (κ3) is 2.29. The first-order valence-electron chi connectivity index (χ1n) is 4.92. The fourth-order valence-corrected chi connectivity index (χ4v) is 2.17. The van der Waals surface area contributed by atoms with Crippen molar-refractivity contribution >= 4 is 11.3 Å². The molecule has 3 heteroatoms. The average Bonchev–Trinajstić information content (AvgIpc) is 2.74. The molecule has 1 saturated carbocycles. The van der Waals surface area contributed by atoms with Gasteiger partial charge in [-0.1, -0.05) is 6.92 Å². The topological polar surface area (TPSA) is 24.9 Å². The molecule has 0 saturated heterocycles. The summed E-state index contributed by atoms with van der Waals surface area (Å²) in [5, 5.41) is 5.60. The third-order valence-electron chi connectivity index (χ3n) is 3.00. The van der Waals surface area contributed by atoms with Crippen LogP contribution in [0.25, 0.3) is 0 Å². The molecule has 1 aromatic heterocycles. The molecule has 2 nitrogen and oxygen atoms in total. The van der Waals surface area contributed by atoms with Gasteiger partial charge in [0.15, 0.2) is 0 Å². The molecule has 1 aliphatic rings. The molecule has 1 heterocycles. The summed E-state index contributed by atoms with van der Waals surface area (Å²) >= 11 is 1.67. The molecular formula is C10H16N2S. The van der Waals surface area contributed by atoms with Crippen LogP contribution in [0.5, 0.6) is 0 Å². The minimum Gasteiger partial charge on any atom is -0.311 e. The Morgan fingerprint density at radius 2 is 2.46 bits per heavy atom. The smallest absolute Gasteiger partial charge is 0.0795 e. The fourth-order valence-electron chi connectivity index (χ4n) is 1.61. The largest absolute Gasteiger partial charge is 0.311 e. The lowest BCUT2D eigenvalue weighted by Gasteiger charge is -2.12. The molecule has 72 valence electrons. The lowest BCUT2D eigenvalue weighted by molar-refractivity contribution is 0.442. The highest BCUT2D eigenvalue weighted by molar-refractivity contribution is 7.07. The van der Waals surface area contributed by atoms with E-state index in [1.807, 2.05) is 5.51 Å². The number of hydrogen-bond acceptors (Lipinski definition) is 3. The minimum atomic E-state index is 0.649. The molecule has 13 heavy (non-hydrogen) atoms. The molecule has 0 spiro atoms. The number of thiazole rings is 1. The first kappa shape index (κ1) is 9.16. The van der Waals surface area contributed by atoms with Gasteiger partial charge in [0.2, 0.25) is 0 Å². The predicted octanol–water partition coefficient (Wildman–Crippen LogP) is 2.42. The Morgan fingerprint density at radius 1 is 1.62 bits per heavy atom. The second kappa shape index (κ2) is 3.76. The zero-order valence-electron chi connectivity index (χ0n) is 8.05. The van der Waals surface area contributed by atoms with Crippen LogP contribution in [0.2, 0.25) is 0 Å². The Morgan fingerprint density at radius 3 is 3.00 bits per heavy atom. The van der Waals surface area contributed by atoms with Crippen LogP contribution in [0, 0.1) is 5.41 Å². The third-order valence-corrected chi connectivity index (χ3v) is 3.63. The number of aromatic nitrogens is 1. The van der Waals surface area contributed by atoms with Gasteiger partial charge in [-0.2, -0.15) is 0 Å². The van der Waals surface area contributed by atoms with Crippen LogP contribution in [-0.2, 0) is 6.54 Å². The number of nitrogens with zero attached hydrogens (tertiary/aromatic N) is 1. The van der Waals surface area contributed by atoms with Crippen LogP contribution in [0.15, 0.2) is 10.9 Å². The quantitative estimate of drug-likeness (QED) is 0.782. The van der Waals surface area contributed by atoms with E-state index in [-0.39, 0.29) is 0 Å². The summed E-state index contributed by atoms with van der Waals surface area (Å²) in [6, 6.07) is 0. The van der Waals surface area contributed by atoms with Crippen molar-refractivity contribution in [2.45, 2.75) is 32.7 Å². The normalized spacial score (nSPS) is 18.8. The fraction of sp³-hybridized carbons (Fsp3) is 0.700. The van der Waals surface area contributed by atoms with Gasteiger partial charge in [0.05, 0.1) is 11.2 Å². The SMILES string of the molecule is CCC1(CNCc2cscn2)CC1. The molecule has 0 atom stereocenters. The minimum absolute atomic E-state index is 0.649. The van der Waals surface area contributed by atoms with E-state index in [0.717, 1.165) is 6.54 Å². The van der Waals surface area contributed by atoms with Crippen LogP contribution in [0.1, 0.15) is 31.9 Å². The van der Waals surface area contributed by atoms with Crippen molar-refractivity contribution in [1.82, 2.24) is 10.3 Å². The number of hydrogen-bond donors (Lipinski definition) is 1. The van der Waals surface area contributed by atoms with Gasteiger partial charge in [-0.25, -0.2) is 4.98 Å². The maximum atomic E-state index is 4.24. The summed E-state index contributed by atoms with van der Waals surface area (Å²) in [6.45, 7) is 4.39. The van der Waals surface area contributed by atoms with E-state index in [1.54, 1.807) is 11.3 Å². The summed E-state index contributed by atoms with van der Waals surface area (Å²) in [5.74, 6) is 0. The standard InChI is InChI=1S/C10H16N2S/c1-2-10(3-4-10)7-11-5-9-6-13-8-12-9/h6,8,11H,2-5,7H2,1H3. The molecule has 1 N–H and O–H groups in total. The van der Waals surface area contributed by atoms with Gasteiger partial charge >= 0.3 is 0 Å². The Labute approximate surface area is 83.4 Å². The highest BCUT2D eigenvalue weighted by Crippen LogP contribution is 2.47. The molecule has 0 aromatic carbocycles. The second-order valence-corrected chi connectivity index (χ2v) is 4.66. The lowest BCUT2D eigenvalue weighted by Crippen LogP contribution is -2.23. The lowest BCUT2D eigenvalue weighted by atomic mass is 10.0. The van der Waals surface area contributed by atoms with Gasteiger partial charge in [-0.15, -0.1) is 11.3 Å². The van der Waals surface area contributed by atoms with Crippen LogP contribution in [0.3, 0.4) is 0 Å². The highest BCUT2D eigenvalue weighted by atomic mass is 32.1. The van der Waals surface area contributed by atoms with E-state index in [4.69, 9.17) is 0 Å². The van der Waals surface area contributed by atoms with Gasteiger partial charge < -0.3 is 5.32 Å². The maximum absolute atomic E-state index is 4.24. The van der Waals surface area contributed by atoms with Crippen molar-refractivity contribution in [3.63, 3.8) is 0 Å². The first-order chi connectivity index (χ1) is 6.35. The zero-order valence-corrected chi connectivity index (χ0v) is 8.86. The van der Waals surface area contributed by atoms with Crippen LogP contribution in [-0.4, -0.2) is 11.5 Å². The van der Waals surface area contributed by atoms with E-state index < -0.39 is 0 Å². The molecule has 1 aliphatic carbocycles. The molecule has 1 aromatic rings.